The van der Waals surface area contributed by atoms with Crippen LogP contribution in [0.15, 0.2) is 64.0 Å². The quantitative estimate of drug-likeness (QED) is 0.402. The Morgan fingerprint density at radius 1 is 0.778 bits per heavy atom. The van der Waals surface area contributed by atoms with E-state index in [1.54, 1.807) is 6.26 Å². The largest absolute Gasteiger partial charge is 0.463 e. The second-order valence-electron chi connectivity index (χ2n) is 6.62. The van der Waals surface area contributed by atoms with Gasteiger partial charge in [-0.15, -0.1) is 27.7 Å². The molecule has 27 heavy (non-hydrogen) atoms. The summed E-state index contributed by atoms with van der Waals surface area (Å²) in [4.78, 5) is 13.3. The van der Waals surface area contributed by atoms with Gasteiger partial charge in [0.1, 0.15) is 11.8 Å². The number of fused-ring (bicyclic) bond motifs is 2. The molecule has 4 aromatic rings. The van der Waals surface area contributed by atoms with E-state index in [4.69, 9.17) is 4.42 Å². The molecule has 1 aromatic heterocycles. The maximum Gasteiger partial charge on any atom is 0.200 e. The second kappa shape index (κ2) is 7.81. The third kappa shape index (κ3) is 3.48. The highest BCUT2D eigenvalue weighted by molar-refractivity contribution is 7.15. The van der Waals surface area contributed by atoms with Crippen LogP contribution in [0.25, 0.3) is 32.9 Å². The molecule has 0 radical (unpaired) electrons. The second-order valence-corrected chi connectivity index (χ2v) is 7.84. The van der Waals surface area contributed by atoms with Crippen molar-refractivity contribution < 1.29 is 4.42 Å². The van der Waals surface area contributed by atoms with Crippen molar-refractivity contribution in [1.29, 1.82) is 0 Å². The summed E-state index contributed by atoms with van der Waals surface area (Å²) in [6.07, 6.45) is 4.09. The van der Waals surface area contributed by atoms with Crippen molar-refractivity contribution >= 4 is 49.5 Å². The molecule has 0 spiro atoms. The minimum absolute atomic E-state index is 0.0323. The van der Waals surface area contributed by atoms with Crippen molar-refractivity contribution in [3.63, 3.8) is 0 Å². The van der Waals surface area contributed by atoms with E-state index < -0.39 is 0 Å². The Balaban J connectivity index is 1.92. The molecular formula is C22H21O2P3. The molecule has 5 heteroatoms. The Kier molecular flexibility index (Phi) is 5.43. The van der Waals surface area contributed by atoms with Gasteiger partial charge in [0, 0.05) is 0 Å². The van der Waals surface area contributed by atoms with Crippen molar-refractivity contribution in [2.24, 2.45) is 0 Å². The summed E-state index contributed by atoms with van der Waals surface area (Å²) < 4.78 is 5.89. The lowest BCUT2D eigenvalue weighted by molar-refractivity contribution is 0.604. The standard InChI is InChI=1S/C22H21O2P3/c23-22-19(9-24-20-7-14(11-26)6-18(12-27)21(20)22)17-4-3-15-5-13(10-25)1-2-16(15)8-17/h1-9H,10-12,25-27H2. The first-order valence-corrected chi connectivity index (χ1v) is 11.3. The average molecular weight is 410 g/mol. The van der Waals surface area contributed by atoms with E-state index in [1.807, 2.05) is 12.1 Å². The van der Waals surface area contributed by atoms with Crippen LogP contribution < -0.4 is 5.43 Å². The monoisotopic (exact) mass is 410 g/mol. The first-order chi connectivity index (χ1) is 13.1. The number of benzene rings is 3. The normalized spacial score (nSPS) is 11.4. The molecule has 0 aliphatic carbocycles. The topological polar surface area (TPSA) is 30.2 Å². The molecule has 3 unspecified atom stereocenters. The highest BCUT2D eigenvalue weighted by atomic mass is 31.0. The molecule has 0 aliphatic heterocycles. The molecule has 1 heterocycles. The van der Waals surface area contributed by atoms with Crippen LogP contribution in [-0.4, -0.2) is 0 Å². The zero-order valence-electron chi connectivity index (χ0n) is 14.9. The Morgan fingerprint density at radius 3 is 2.26 bits per heavy atom. The molecule has 4 rings (SSSR count). The maximum atomic E-state index is 13.3. The van der Waals surface area contributed by atoms with E-state index in [0.29, 0.717) is 16.5 Å². The maximum absolute atomic E-state index is 13.3. The highest BCUT2D eigenvalue weighted by Gasteiger charge is 2.13. The zero-order valence-corrected chi connectivity index (χ0v) is 18.3. The molecule has 0 fully saturated rings. The van der Waals surface area contributed by atoms with Crippen LogP contribution in [0.3, 0.4) is 0 Å². The summed E-state index contributed by atoms with van der Waals surface area (Å²) in [6.45, 7) is 0. The lowest BCUT2D eigenvalue weighted by Crippen LogP contribution is -2.07. The predicted molar refractivity (Wildman–Crippen MR) is 126 cm³/mol. The molecule has 136 valence electrons. The molecule has 0 saturated carbocycles. The van der Waals surface area contributed by atoms with Crippen LogP contribution >= 0.6 is 27.7 Å². The first-order valence-electron chi connectivity index (χ1n) is 8.85. The van der Waals surface area contributed by atoms with Gasteiger partial charge < -0.3 is 4.42 Å². The Labute approximate surface area is 165 Å². The van der Waals surface area contributed by atoms with Gasteiger partial charge in [-0.05, 0) is 63.6 Å². The van der Waals surface area contributed by atoms with Crippen molar-refractivity contribution in [2.75, 3.05) is 0 Å². The number of hydrogen-bond donors (Lipinski definition) is 0. The Bertz CT molecular complexity index is 1210. The summed E-state index contributed by atoms with van der Waals surface area (Å²) in [6, 6.07) is 16.6. The lowest BCUT2D eigenvalue weighted by atomic mass is 9.99. The summed E-state index contributed by atoms with van der Waals surface area (Å²) in [7, 11) is 8.18. The first kappa shape index (κ1) is 18.8. The van der Waals surface area contributed by atoms with Crippen LogP contribution in [0.4, 0.5) is 0 Å². The van der Waals surface area contributed by atoms with E-state index in [9.17, 15) is 4.79 Å². The van der Waals surface area contributed by atoms with E-state index in [2.05, 4.69) is 64.1 Å². The summed E-state index contributed by atoms with van der Waals surface area (Å²) in [5, 5.41) is 2.99. The fourth-order valence-electron chi connectivity index (χ4n) is 3.47. The van der Waals surface area contributed by atoms with Crippen LogP contribution in [0, 0.1) is 0 Å². The smallest absolute Gasteiger partial charge is 0.200 e. The molecule has 2 nitrogen and oxygen atoms in total. The molecule has 0 aliphatic rings. The SMILES string of the molecule is O=c1c(-c2ccc3cc(CP)ccc3c2)coc2cc(CP)cc(CP)c12. The highest BCUT2D eigenvalue weighted by Crippen LogP contribution is 2.28. The van der Waals surface area contributed by atoms with E-state index in [-0.39, 0.29) is 5.43 Å². The molecule has 0 amide bonds. The zero-order chi connectivity index (χ0) is 19.0. The Morgan fingerprint density at radius 2 is 1.52 bits per heavy atom. The van der Waals surface area contributed by atoms with Crippen LogP contribution in [0.2, 0.25) is 0 Å². The van der Waals surface area contributed by atoms with Crippen molar-refractivity contribution in [1.82, 2.24) is 0 Å². The molecule has 0 bridgehead atoms. The fraction of sp³-hybridized carbons (Fsp3) is 0.136. The summed E-state index contributed by atoms with van der Waals surface area (Å²) in [5.74, 6) is 0. The third-order valence-corrected chi connectivity index (χ3v) is 6.31. The van der Waals surface area contributed by atoms with E-state index >= 15 is 0 Å². The van der Waals surface area contributed by atoms with E-state index in [0.717, 1.165) is 40.6 Å². The van der Waals surface area contributed by atoms with Gasteiger partial charge in [-0.1, -0.05) is 36.4 Å². The van der Waals surface area contributed by atoms with Gasteiger partial charge in [-0.25, -0.2) is 0 Å². The van der Waals surface area contributed by atoms with Gasteiger partial charge in [0.25, 0.3) is 0 Å². The van der Waals surface area contributed by atoms with Gasteiger partial charge in [-0.3, -0.25) is 4.79 Å². The minimum Gasteiger partial charge on any atom is -0.463 e. The molecule has 3 atom stereocenters. The van der Waals surface area contributed by atoms with Crippen LogP contribution in [0.1, 0.15) is 16.7 Å². The predicted octanol–water partition coefficient (Wildman–Crippen LogP) is 5.74. The van der Waals surface area contributed by atoms with Crippen molar-refractivity contribution in [3.8, 4) is 11.1 Å². The van der Waals surface area contributed by atoms with Gasteiger partial charge in [-0.2, -0.15) is 0 Å². The number of hydrogen-bond acceptors (Lipinski definition) is 2. The van der Waals surface area contributed by atoms with Gasteiger partial charge in [0.15, 0.2) is 0 Å². The molecule has 0 saturated heterocycles. The van der Waals surface area contributed by atoms with Crippen molar-refractivity contribution in [2.45, 2.75) is 18.5 Å². The van der Waals surface area contributed by atoms with E-state index in [1.165, 1.54) is 10.9 Å². The lowest BCUT2D eigenvalue weighted by Gasteiger charge is -2.09. The summed E-state index contributed by atoms with van der Waals surface area (Å²) in [5.41, 5.74) is 5.63. The van der Waals surface area contributed by atoms with Gasteiger partial charge >= 0.3 is 0 Å². The molecular weight excluding hydrogens is 389 g/mol. The van der Waals surface area contributed by atoms with Crippen molar-refractivity contribution in [3.05, 3.63) is 81.7 Å². The third-order valence-electron chi connectivity index (χ3n) is 4.93. The summed E-state index contributed by atoms with van der Waals surface area (Å²) >= 11 is 0. The molecule has 0 N–H and O–H groups in total. The average Bonchev–Trinajstić information content (AvgIpc) is 2.72. The fourth-order valence-corrected chi connectivity index (χ4v) is 4.28. The molecule has 3 aromatic carbocycles. The van der Waals surface area contributed by atoms with Crippen LogP contribution in [-0.2, 0) is 18.5 Å². The number of rotatable bonds is 4. The van der Waals surface area contributed by atoms with Gasteiger partial charge in [0.05, 0.1) is 10.9 Å². The Hall–Kier alpha value is -1.58. The van der Waals surface area contributed by atoms with Gasteiger partial charge in [0.2, 0.25) is 5.43 Å². The van der Waals surface area contributed by atoms with Crippen LogP contribution in [0.5, 0.6) is 0 Å². The minimum atomic E-state index is 0.0323.